The Bertz CT molecular complexity index is 652. The van der Waals surface area contributed by atoms with Crippen molar-refractivity contribution >= 4 is 12.1 Å². The van der Waals surface area contributed by atoms with Crippen LogP contribution in [0, 0.1) is 0 Å². The van der Waals surface area contributed by atoms with Gasteiger partial charge in [-0.25, -0.2) is 9.59 Å². The van der Waals surface area contributed by atoms with Gasteiger partial charge in [-0.15, -0.1) is 0 Å². The molecule has 0 spiro atoms. The van der Waals surface area contributed by atoms with Gasteiger partial charge in [-0.1, -0.05) is 30.3 Å². The number of amides is 1. The van der Waals surface area contributed by atoms with Gasteiger partial charge in [0.15, 0.2) is 0 Å². The molecular weight excluding hydrogens is 296 g/mol. The van der Waals surface area contributed by atoms with Gasteiger partial charge in [0, 0.05) is 25.4 Å². The number of alkyl carbamates (subject to hydrolysis) is 1. The summed E-state index contributed by atoms with van der Waals surface area (Å²) in [5.74, 6) is -1.09. The molecule has 6 nitrogen and oxygen atoms in total. The SMILES string of the molecule is CCn1ccc(CC(NC(=O)OCc2ccccc2)C(=O)O)c1. The monoisotopic (exact) mass is 316 g/mol. The molecule has 0 fully saturated rings. The number of rotatable bonds is 7. The Morgan fingerprint density at radius 3 is 2.57 bits per heavy atom. The molecule has 0 bridgehead atoms. The highest BCUT2D eigenvalue weighted by atomic mass is 16.5. The molecule has 122 valence electrons. The maximum atomic E-state index is 11.8. The van der Waals surface area contributed by atoms with Crippen LogP contribution < -0.4 is 5.32 Å². The van der Waals surface area contributed by atoms with Crippen molar-refractivity contribution in [1.29, 1.82) is 0 Å². The normalized spacial score (nSPS) is 11.7. The Hall–Kier alpha value is -2.76. The van der Waals surface area contributed by atoms with Crippen LogP contribution in [0.4, 0.5) is 4.79 Å². The fourth-order valence-corrected chi connectivity index (χ4v) is 2.15. The summed E-state index contributed by atoms with van der Waals surface area (Å²) in [7, 11) is 0. The van der Waals surface area contributed by atoms with E-state index in [-0.39, 0.29) is 13.0 Å². The lowest BCUT2D eigenvalue weighted by Crippen LogP contribution is -2.42. The van der Waals surface area contributed by atoms with E-state index in [1.54, 1.807) is 0 Å². The average Bonchev–Trinajstić information content (AvgIpc) is 3.01. The topological polar surface area (TPSA) is 80.6 Å². The van der Waals surface area contributed by atoms with Crippen LogP contribution in [0.2, 0.25) is 0 Å². The first kappa shape index (κ1) is 16.6. The van der Waals surface area contributed by atoms with Gasteiger partial charge in [0.25, 0.3) is 0 Å². The average molecular weight is 316 g/mol. The molecule has 2 rings (SSSR count). The molecule has 0 saturated carbocycles. The molecule has 1 heterocycles. The van der Waals surface area contributed by atoms with Crippen molar-refractivity contribution in [2.45, 2.75) is 32.5 Å². The van der Waals surface area contributed by atoms with Crippen molar-refractivity contribution in [2.24, 2.45) is 0 Å². The minimum Gasteiger partial charge on any atom is -0.480 e. The van der Waals surface area contributed by atoms with Crippen LogP contribution >= 0.6 is 0 Å². The van der Waals surface area contributed by atoms with Crippen molar-refractivity contribution in [1.82, 2.24) is 9.88 Å². The number of ether oxygens (including phenoxy) is 1. The molecule has 0 saturated heterocycles. The first-order valence-corrected chi connectivity index (χ1v) is 7.43. The molecule has 0 radical (unpaired) electrons. The van der Waals surface area contributed by atoms with Crippen LogP contribution in [-0.2, 0) is 29.1 Å². The van der Waals surface area contributed by atoms with Gasteiger partial charge in [-0.2, -0.15) is 0 Å². The van der Waals surface area contributed by atoms with Crippen molar-refractivity contribution in [2.75, 3.05) is 0 Å². The molecule has 0 aliphatic rings. The molecule has 6 heteroatoms. The summed E-state index contributed by atoms with van der Waals surface area (Å²) >= 11 is 0. The fraction of sp³-hybridized carbons (Fsp3) is 0.294. The van der Waals surface area contributed by atoms with Gasteiger partial charge in [0.2, 0.25) is 0 Å². The smallest absolute Gasteiger partial charge is 0.408 e. The van der Waals surface area contributed by atoms with Gasteiger partial charge in [0.05, 0.1) is 0 Å². The third kappa shape index (κ3) is 5.18. The number of aryl methyl sites for hydroxylation is 1. The molecule has 1 atom stereocenters. The second-order valence-corrected chi connectivity index (χ2v) is 5.15. The molecule has 23 heavy (non-hydrogen) atoms. The number of aliphatic carboxylic acids is 1. The lowest BCUT2D eigenvalue weighted by atomic mass is 10.1. The second-order valence-electron chi connectivity index (χ2n) is 5.15. The largest absolute Gasteiger partial charge is 0.480 e. The molecule has 1 unspecified atom stereocenters. The van der Waals surface area contributed by atoms with E-state index in [1.165, 1.54) is 0 Å². The minimum atomic E-state index is -1.09. The lowest BCUT2D eigenvalue weighted by Gasteiger charge is -2.14. The van der Waals surface area contributed by atoms with Gasteiger partial charge in [-0.05, 0) is 24.1 Å². The van der Waals surface area contributed by atoms with Crippen LogP contribution in [0.25, 0.3) is 0 Å². The zero-order valence-electron chi connectivity index (χ0n) is 12.9. The number of aromatic nitrogens is 1. The molecule has 1 aromatic heterocycles. The van der Waals surface area contributed by atoms with E-state index in [9.17, 15) is 14.7 Å². The molecule has 2 aromatic rings. The summed E-state index contributed by atoms with van der Waals surface area (Å²) in [6, 6.07) is 10.0. The number of carboxylic acids is 1. The Morgan fingerprint density at radius 1 is 1.22 bits per heavy atom. The summed E-state index contributed by atoms with van der Waals surface area (Å²) in [6.07, 6.45) is 3.22. The van der Waals surface area contributed by atoms with Crippen LogP contribution in [0.5, 0.6) is 0 Å². The first-order valence-electron chi connectivity index (χ1n) is 7.43. The predicted octanol–water partition coefficient (Wildman–Crippen LogP) is 2.43. The zero-order chi connectivity index (χ0) is 16.7. The minimum absolute atomic E-state index is 0.102. The summed E-state index contributed by atoms with van der Waals surface area (Å²) < 4.78 is 7.00. The number of hydrogen-bond donors (Lipinski definition) is 2. The van der Waals surface area contributed by atoms with Crippen LogP contribution in [0.3, 0.4) is 0 Å². The molecular formula is C17H20N2O4. The molecule has 0 aliphatic carbocycles. The highest BCUT2D eigenvalue weighted by Crippen LogP contribution is 2.06. The number of carboxylic acid groups (broad SMARTS) is 1. The summed E-state index contributed by atoms with van der Waals surface area (Å²) in [6.45, 7) is 2.91. The molecule has 0 aliphatic heterocycles. The number of nitrogens with zero attached hydrogens (tertiary/aromatic N) is 1. The summed E-state index contributed by atoms with van der Waals surface area (Å²) in [5, 5.41) is 11.6. The van der Waals surface area contributed by atoms with E-state index in [4.69, 9.17) is 4.74 Å². The third-order valence-electron chi connectivity index (χ3n) is 3.42. The molecule has 2 N–H and O–H groups in total. The van der Waals surface area contributed by atoms with Crippen molar-refractivity contribution in [3.63, 3.8) is 0 Å². The van der Waals surface area contributed by atoms with Crippen molar-refractivity contribution in [3.05, 3.63) is 59.9 Å². The third-order valence-corrected chi connectivity index (χ3v) is 3.42. The van der Waals surface area contributed by atoms with E-state index in [0.29, 0.717) is 0 Å². The van der Waals surface area contributed by atoms with Gasteiger partial charge >= 0.3 is 12.1 Å². The Morgan fingerprint density at radius 2 is 1.96 bits per heavy atom. The quantitative estimate of drug-likeness (QED) is 0.822. The van der Waals surface area contributed by atoms with Gasteiger partial charge in [-0.3, -0.25) is 0 Å². The number of nitrogens with one attached hydrogen (secondary N) is 1. The van der Waals surface area contributed by atoms with Gasteiger partial charge in [0.1, 0.15) is 12.6 Å². The fourth-order valence-electron chi connectivity index (χ4n) is 2.15. The predicted molar refractivity (Wildman–Crippen MR) is 85.0 cm³/mol. The highest BCUT2D eigenvalue weighted by molar-refractivity contribution is 5.80. The Balaban J connectivity index is 1.88. The maximum Gasteiger partial charge on any atom is 0.408 e. The summed E-state index contributed by atoms with van der Waals surface area (Å²) in [5.41, 5.74) is 1.69. The van der Waals surface area contributed by atoms with E-state index in [0.717, 1.165) is 17.7 Å². The van der Waals surface area contributed by atoms with Crippen LogP contribution in [0.15, 0.2) is 48.8 Å². The van der Waals surface area contributed by atoms with Crippen LogP contribution in [-0.4, -0.2) is 27.8 Å². The maximum absolute atomic E-state index is 11.8. The van der Waals surface area contributed by atoms with Crippen molar-refractivity contribution in [3.8, 4) is 0 Å². The Labute approximate surface area is 134 Å². The zero-order valence-corrected chi connectivity index (χ0v) is 12.9. The van der Waals surface area contributed by atoms with Crippen LogP contribution in [0.1, 0.15) is 18.1 Å². The number of carbonyl (C=O) groups excluding carboxylic acids is 1. The van der Waals surface area contributed by atoms with E-state index >= 15 is 0 Å². The van der Waals surface area contributed by atoms with E-state index < -0.39 is 18.1 Å². The first-order chi connectivity index (χ1) is 11.1. The molecule has 1 amide bonds. The number of hydrogen-bond acceptors (Lipinski definition) is 3. The Kier molecular flexibility index (Phi) is 5.80. The van der Waals surface area contributed by atoms with E-state index in [1.807, 2.05) is 60.3 Å². The summed E-state index contributed by atoms with van der Waals surface area (Å²) in [4.78, 5) is 23.1. The molecule has 1 aromatic carbocycles. The lowest BCUT2D eigenvalue weighted by molar-refractivity contribution is -0.139. The number of benzene rings is 1. The highest BCUT2D eigenvalue weighted by Gasteiger charge is 2.21. The second kappa shape index (κ2) is 8.03. The number of carbonyl (C=O) groups is 2. The van der Waals surface area contributed by atoms with Crippen molar-refractivity contribution < 1.29 is 19.4 Å². The standard InChI is InChI=1S/C17H20N2O4/c1-2-19-9-8-14(11-19)10-15(16(20)21)18-17(22)23-12-13-6-4-3-5-7-13/h3-9,11,15H,2,10,12H2,1H3,(H,18,22)(H,20,21). The van der Waals surface area contributed by atoms with E-state index in [2.05, 4.69) is 5.32 Å². The van der Waals surface area contributed by atoms with Gasteiger partial charge < -0.3 is 19.7 Å².